The van der Waals surface area contributed by atoms with Crippen molar-refractivity contribution in [2.24, 2.45) is 0 Å². The van der Waals surface area contributed by atoms with Crippen molar-refractivity contribution in [2.45, 2.75) is 25.4 Å². The molecular weight excluding hydrogens is 564 g/mol. The summed E-state index contributed by atoms with van der Waals surface area (Å²) in [5, 5.41) is 7.28. The minimum Gasteiger partial charge on any atom is -0.379 e. The third-order valence-corrected chi connectivity index (χ3v) is 9.26. The van der Waals surface area contributed by atoms with E-state index >= 15 is 0 Å². The first-order chi connectivity index (χ1) is 20.8. The van der Waals surface area contributed by atoms with Crippen LogP contribution in [0, 0.1) is 0 Å². The molecule has 11 nitrogen and oxygen atoms in total. The smallest absolute Gasteiger partial charge is 0.254 e. The first-order valence-electron chi connectivity index (χ1n) is 14.3. The summed E-state index contributed by atoms with van der Waals surface area (Å²) in [6, 6.07) is 13.7. The van der Waals surface area contributed by atoms with Gasteiger partial charge in [0.1, 0.15) is 17.8 Å². The molecule has 2 aliphatic heterocycles. The number of H-pyrrole nitrogens is 1. The summed E-state index contributed by atoms with van der Waals surface area (Å²) in [6.07, 6.45) is 5.15. The molecule has 6 rings (SSSR count). The van der Waals surface area contributed by atoms with Crippen LogP contribution in [0.1, 0.15) is 29.4 Å². The molecule has 0 spiro atoms. The highest BCUT2D eigenvalue weighted by Crippen LogP contribution is 2.30. The quantitative estimate of drug-likeness (QED) is 0.263. The maximum absolute atomic E-state index is 13.2. The Morgan fingerprint density at radius 3 is 2.65 bits per heavy atom. The molecule has 0 saturated carbocycles. The summed E-state index contributed by atoms with van der Waals surface area (Å²) in [5.41, 5.74) is 4.51. The van der Waals surface area contributed by atoms with E-state index in [4.69, 9.17) is 0 Å². The Labute approximate surface area is 252 Å². The van der Waals surface area contributed by atoms with E-state index < -0.39 is 16.3 Å². The summed E-state index contributed by atoms with van der Waals surface area (Å²) >= 11 is 0. The van der Waals surface area contributed by atoms with Gasteiger partial charge in [0, 0.05) is 71.6 Å². The number of hydrogen-bond donors (Lipinski definition) is 3. The Kier molecular flexibility index (Phi) is 7.94. The van der Waals surface area contributed by atoms with E-state index in [1.165, 1.54) is 6.08 Å². The van der Waals surface area contributed by atoms with E-state index in [2.05, 4.69) is 48.1 Å². The zero-order valence-electron chi connectivity index (χ0n) is 24.0. The number of carbonyl (C=O) groups is 2. The van der Waals surface area contributed by atoms with Crippen LogP contribution in [0.3, 0.4) is 0 Å². The maximum atomic E-state index is 13.2. The van der Waals surface area contributed by atoms with Gasteiger partial charge in [0.2, 0.25) is 5.91 Å². The second kappa shape index (κ2) is 12.0. The minimum absolute atomic E-state index is 0.0778. The lowest BCUT2D eigenvalue weighted by atomic mass is 10.0. The number of likely N-dealkylation sites (tertiary alicyclic amines) is 1. The molecule has 2 fully saturated rings. The number of rotatable bonds is 8. The van der Waals surface area contributed by atoms with Crippen LogP contribution in [0.5, 0.6) is 0 Å². The Hall–Kier alpha value is -4.58. The molecule has 3 N–H and O–H groups in total. The number of aromatic nitrogens is 4. The summed E-state index contributed by atoms with van der Waals surface area (Å²) < 4.78 is 11.8. The summed E-state index contributed by atoms with van der Waals surface area (Å²) in [6.45, 7) is 8.37. The Bertz CT molecular complexity index is 1690. The van der Waals surface area contributed by atoms with Crippen LogP contribution in [0.4, 0.5) is 11.5 Å². The number of pyridine rings is 1. The second-order valence-corrected chi connectivity index (χ2v) is 12.9. The van der Waals surface area contributed by atoms with Gasteiger partial charge in [-0.3, -0.25) is 18.8 Å². The first kappa shape index (κ1) is 28.5. The third kappa shape index (κ3) is 6.29. The molecule has 2 saturated heterocycles. The zero-order chi connectivity index (χ0) is 30.0. The second-order valence-electron chi connectivity index (χ2n) is 11.2. The Morgan fingerprint density at radius 1 is 1.09 bits per heavy atom. The molecule has 2 amide bonds. The van der Waals surface area contributed by atoms with Crippen molar-refractivity contribution < 1.29 is 13.8 Å². The fourth-order valence-corrected chi connectivity index (χ4v) is 6.67. The van der Waals surface area contributed by atoms with E-state index in [9.17, 15) is 13.8 Å². The highest BCUT2D eigenvalue weighted by molar-refractivity contribution is 7.85. The lowest BCUT2D eigenvalue weighted by Gasteiger charge is -2.27. The predicted molar refractivity (Wildman–Crippen MR) is 168 cm³/mol. The van der Waals surface area contributed by atoms with Gasteiger partial charge in [-0.2, -0.15) is 0 Å². The molecule has 2 aliphatic rings. The van der Waals surface area contributed by atoms with Gasteiger partial charge in [-0.15, -0.1) is 0 Å². The molecule has 1 aromatic carbocycles. The molecule has 3 aromatic heterocycles. The highest BCUT2D eigenvalue weighted by Gasteiger charge is 2.37. The largest absolute Gasteiger partial charge is 0.379 e. The molecule has 222 valence electrons. The van der Waals surface area contributed by atoms with Crippen LogP contribution in [0.2, 0.25) is 0 Å². The van der Waals surface area contributed by atoms with Crippen molar-refractivity contribution in [3.05, 3.63) is 78.9 Å². The van der Waals surface area contributed by atoms with Crippen LogP contribution in [0.25, 0.3) is 22.3 Å². The zero-order valence-corrected chi connectivity index (χ0v) is 24.8. The van der Waals surface area contributed by atoms with Crippen molar-refractivity contribution in [3.8, 4) is 11.3 Å². The van der Waals surface area contributed by atoms with Gasteiger partial charge >= 0.3 is 0 Å². The van der Waals surface area contributed by atoms with Crippen LogP contribution < -0.4 is 15.5 Å². The normalized spacial score (nSPS) is 19.0. The molecule has 0 radical (unpaired) electrons. The molecule has 0 bridgehead atoms. The number of hydrogen-bond acceptors (Lipinski definition) is 8. The summed E-state index contributed by atoms with van der Waals surface area (Å²) in [4.78, 5) is 45.7. The average molecular weight is 599 g/mol. The van der Waals surface area contributed by atoms with Crippen molar-refractivity contribution in [1.82, 2.24) is 30.2 Å². The fourth-order valence-electron chi connectivity index (χ4n) is 5.62. The molecule has 0 aliphatic carbocycles. The molecule has 1 atom stereocenters. The average Bonchev–Trinajstić information content (AvgIpc) is 3.64. The van der Waals surface area contributed by atoms with Crippen LogP contribution in [-0.2, 0) is 22.1 Å². The monoisotopic (exact) mass is 598 g/mol. The van der Waals surface area contributed by atoms with Gasteiger partial charge in [-0.25, -0.2) is 9.97 Å². The molecule has 4 aromatic rings. The highest BCUT2D eigenvalue weighted by atomic mass is 32.2. The number of carbonyl (C=O) groups excluding carboxylic acids is 2. The summed E-state index contributed by atoms with van der Waals surface area (Å²) in [5.74, 6) is 1.87. The SMILES string of the molecule is C=CC(=O)NC1(C)CCN(C(=O)c2ccnc(CNc3ccc(-c4cc5c(N6CCS(=O)CC6)ncnc5[nH]4)cc3)c2)C1. The van der Waals surface area contributed by atoms with Crippen LogP contribution >= 0.6 is 0 Å². The number of aromatic amines is 1. The van der Waals surface area contributed by atoms with Gasteiger partial charge < -0.3 is 25.4 Å². The van der Waals surface area contributed by atoms with Crippen molar-refractivity contribution in [1.29, 1.82) is 0 Å². The van der Waals surface area contributed by atoms with Gasteiger partial charge in [0.25, 0.3) is 5.91 Å². The molecule has 12 heteroatoms. The maximum Gasteiger partial charge on any atom is 0.254 e. The van der Waals surface area contributed by atoms with E-state index in [0.29, 0.717) is 43.1 Å². The number of benzene rings is 1. The molecular formula is C31H34N8O3S. The topological polar surface area (TPSA) is 136 Å². The number of nitrogens with zero attached hydrogens (tertiary/aromatic N) is 5. The van der Waals surface area contributed by atoms with E-state index in [0.717, 1.165) is 52.6 Å². The fraction of sp³-hybridized carbons (Fsp3) is 0.323. The van der Waals surface area contributed by atoms with Crippen molar-refractivity contribution in [3.63, 3.8) is 0 Å². The van der Waals surface area contributed by atoms with Gasteiger partial charge in [-0.05, 0) is 55.3 Å². The van der Waals surface area contributed by atoms with Crippen LogP contribution in [-0.4, -0.2) is 84.1 Å². The number of anilines is 2. The van der Waals surface area contributed by atoms with Crippen molar-refractivity contribution >= 4 is 45.2 Å². The predicted octanol–water partition coefficient (Wildman–Crippen LogP) is 3.11. The van der Waals surface area contributed by atoms with Gasteiger partial charge in [-0.1, -0.05) is 18.7 Å². The van der Waals surface area contributed by atoms with Gasteiger partial charge in [0.05, 0.1) is 23.2 Å². The standard InChI is InChI=1S/C31H34N8O3S/c1-3-27(40)37-31(2)9-11-39(19-31)30(41)22-8-10-32-24(16-22)18-33-23-6-4-21(5-7-23)26-17-25-28(36-26)34-20-35-29(25)38-12-14-43(42)15-13-38/h3-8,10,16-17,20,33H,1,9,11-15,18-19H2,2H3,(H,37,40)(H,34,35,36). The van der Waals surface area contributed by atoms with E-state index in [-0.39, 0.29) is 11.8 Å². The molecule has 43 heavy (non-hydrogen) atoms. The van der Waals surface area contributed by atoms with Crippen LogP contribution in [0.15, 0.2) is 67.6 Å². The summed E-state index contributed by atoms with van der Waals surface area (Å²) in [7, 11) is -0.752. The number of fused-ring (bicyclic) bond motifs is 1. The van der Waals surface area contributed by atoms with E-state index in [1.54, 1.807) is 23.5 Å². The first-order valence-corrected chi connectivity index (χ1v) is 15.8. The Morgan fingerprint density at radius 2 is 1.88 bits per heavy atom. The molecule has 1 unspecified atom stereocenters. The van der Waals surface area contributed by atoms with Crippen molar-refractivity contribution in [2.75, 3.05) is 47.9 Å². The number of amides is 2. The Balaban J connectivity index is 1.09. The minimum atomic E-state index is -0.752. The molecule has 5 heterocycles. The lowest BCUT2D eigenvalue weighted by Crippen LogP contribution is -2.48. The lowest BCUT2D eigenvalue weighted by molar-refractivity contribution is -0.118. The number of nitrogens with one attached hydrogen (secondary N) is 3. The third-order valence-electron chi connectivity index (χ3n) is 7.99. The van der Waals surface area contributed by atoms with Gasteiger partial charge in [0.15, 0.2) is 0 Å². The van der Waals surface area contributed by atoms with E-state index in [1.807, 2.05) is 37.3 Å².